The number of anilines is 1. The monoisotopic (exact) mass is 263 g/mol. The summed E-state index contributed by atoms with van der Waals surface area (Å²) < 4.78 is 7.58. The van der Waals surface area contributed by atoms with E-state index >= 15 is 0 Å². The van der Waals surface area contributed by atoms with E-state index in [1.165, 1.54) is 0 Å². The molecule has 2 N–H and O–H groups in total. The van der Waals surface area contributed by atoms with Crippen molar-refractivity contribution >= 4 is 17.4 Å². The molecule has 0 saturated heterocycles. The Morgan fingerprint density at radius 2 is 2.11 bits per heavy atom. The second-order valence-corrected chi connectivity index (χ2v) is 4.74. The predicted molar refractivity (Wildman–Crippen MR) is 75.3 cm³/mol. The lowest BCUT2D eigenvalue weighted by atomic mass is 10.3. The smallest absolute Gasteiger partial charge is 0.241 e. The summed E-state index contributed by atoms with van der Waals surface area (Å²) in [5.74, 6) is 1.41. The summed E-state index contributed by atoms with van der Waals surface area (Å²) in [6.45, 7) is 2.03. The van der Waals surface area contributed by atoms with Crippen LogP contribution in [0.3, 0.4) is 0 Å². The van der Waals surface area contributed by atoms with Crippen LogP contribution in [0.1, 0.15) is 12.6 Å². The van der Waals surface area contributed by atoms with Crippen molar-refractivity contribution in [3.05, 3.63) is 30.0 Å². The molecule has 0 saturated carbocycles. The van der Waals surface area contributed by atoms with E-state index in [0.717, 1.165) is 22.8 Å². The van der Waals surface area contributed by atoms with Crippen molar-refractivity contribution in [1.82, 2.24) is 9.78 Å². The van der Waals surface area contributed by atoms with E-state index in [1.54, 1.807) is 16.4 Å². The molecule has 0 unspecified atom stereocenters. The number of nitrogens with zero attached hydrogens (tertiary/aromatic N) is 2. The van der Waals surface area contributed by atoms with Gasteiger partial charge in [0.2, 0.25) is 5.88 Å². The van der Waals surface area contributed by atoms with Gasteiger partial charge in [0.25, 0.3) is 0 Å². The summed E-state index contributed by atoms with van der Waals surface area (Å²) >= 11 is 1.64. The molecule has 0 fully saturated rings. The van der Waals surface area contributed by atoms with Crippen LogP contribution in [0.25, 0.3) is 0 Å². The van der Waals surface area contributed by atoms with Crippen LogP contribution < -0.4 is 10.5 Å². The molecule has 2 rings (SSSR count). The van der Waals surface area contributed by atoms with Crippen molar-refractivity contribution in [2.75, 3.05) is 12.0 Å². The van der Waals surface area contributed by atoms with Gasteiger partial charge in [-0.2, -0.15) is 5.10 Å². The number of benzene rings is 1. The standard InChI is InChI=1S/C13H17N3OS/c1-4-9-12(14)13(16(2)15-9)17-10-7-5-6-8-11(10)18-3/h5-8H,4,14H2,1-3H3. The highest BCUT2D eigenvalue weighted by Gasteiger charge is 2.15. The number of hydrogen-bond donors (Lipinski definition) is 1. The van der Waals surface area contributed by atoms with Crippen LogP contribution in [-0.2, 0) is 13.5 Å². The van der Waals surface area contributed by atoms with Gasteiger partial charge in [-0.05, 0) is 24.8 Å². The first-order valence-electron chi connectivity index (χ1n) is 5.79. The maximum atomic E-state index is 6.04. The lowest BCUT2D eigenvalue weighted by molar-refractivity contribution is 0.423. The first-order chi connectivity index (χ1) is 8.67. The summed E-state index contributed by atoms with van der Waals surface area (Å²) in [6, 6.07) is 7.89. The molecular weight excluding hydrogens is 246 g/mol. The summed E-state index contributed by atoms with van der Waals surface area (Å²) in [5.41, 5.74) is 7.53. The average molecular weight is 263 g/mol. The number of hydrogen-bond acceptors (Lipinski definition) is 4. The molecule has 0 radical (unpaired) electrons. The lowest BCUT2D eigenvalue weighted by Gasteiger charge is -2.09. The minimum absolute atomic E-state index is 0.605. The lowest BCUT2D eigenvalue weighted by Crippen LogP contribution is -1.97. The van der Waals surface area contributed by atoms with Crippen LogP contribution in [0.15, 0.2) is 29.2 Å². The van der Waals surface area contributed by atoms with E-state index in [1.807, 2.05) is 44.5 Å². The molecular formula is C13H17N3OS. The van der Waals surface area contributed by atoms with E-state index < -0.39 is 0 Å². The van der Waals surface area contributed by atoms with Crippen LogP contribution in [0.5, 0.6) is 11.6 Å². The topological polar surface area (TPSA) is 53.1 Å². The Morgan fingerprint density at radius 1 is 1.39 bits per heavy atom. The number of thioether (sulfide) groups is 1. The second-order valence-electron chi connectivity index (χ2n) is 3.90. The highest BCUT2D eigenvalue weighted by atomic mass is 32.2. The fourth-order valence-corrected chi connectivity index (χ4v) is 2.29. The third kappa shape index (κ3) is 2.31. The van der Waals surface area contributed by atoms with E-state index in [9.17, 15) is 0 Å². The van der Waals surface area contributed by atoms with E-state index in [0.29, 0.717) is 11.6 Å². The number of ether oxygens (including phenoxy) is 1. The van der Waals surface area contributed by atoms with Crippen LogP contribution in [-0.4, -0.2) is 16.0 Å². The largest absolute Gasteiger partial charge is 0.436 e. The summed E-state index contributed by atoms with van der Waals surface area (Å²) in [7, 11) is 1.84. The molecule has 4 nitrogen and oxygen atoms in total. The Bertz CT molecular complexity index is 551. The molecule has 0 bridgehead atoms. The Labute approximate surface area is 111 Å². The maximum absolute atomic E-state index is 6.04. The Kier molecular flexibility index (Phi) is 3.81. The highest BCUT2D eigenvalue weighted by Crippen LogP contribution is 2.34. The third-order valence-corrected chi connectivity index (χ3v) is 3.49. The number of nitrogen functional groups attached to an aromatic ring is 1. The highest BCUT2D eigenvalue weighted by molar-refractivity contribution is 7.98. The van der Waals surface area contributed by atoms with Gasteiger partial charge in [-0.3, -0.25) is 0 Å². The normalized spacial score (nSPS) is 10.6. The molecule has 18 heavy (non-hydrogen) atoms. The summed E-state index contributed by atoms with van der Waals surface area (Å²) in [5, 5.41) is 4.34. The number of aromatic nitrogens is 2. The zero-order valence-corrected chi connectivity index (χ0v) is 11.6. The molecule has 1 aromatic carbocycles. The SMILES string of the molecule is CCc1nn(C)c(Oc2ccccc2SC)c1N. The van der Waals surface area contributed by atoms with Gasteiger partial charge in [-0.25, -0.2) is 4.68 Å². The minimum atomic E-state index is 0.605. The van der Waals surface area contributed by atoms with Crippen LogP contribution >= 0.6 is 11.8 Å². The fraction of sp³-hybridized carbons (Fsp3) is 0.308. The number of nitrogens with two attached hydrogens (primary N) is 1. The molecule has 2 aromatic rings. The van der Waals surface area contributed by atoms with Crippen molar-refractivity contribution in [1.29, 1.82) is 0 Å². The summed E-state index contributed by atoms with van der Waals surface area (Å²) in [4.78, 5) is 1.08. The molecule has 1 aromatic heterocycles. The van der Waals surface area contributed by atoms with Crippen molar-refractivity contribution in [3.63, 3.8) is 0 Å². The van der Waals surface area contributed by atoms with Gasteiger partial charge in [0.05, 0.1) is 5.69 Å². The third-order valence-electron chi connectivity index (χ3n) is 2.72. The molecule has 0 aliphatic carbocycles. The first-order valence-corrected chi connectivity index (χ1v) is 7.02. The van der Waals surface area contributed by atoms with Crippen LogP contribution in [0.4, 0.5) is 5.69 Å². The van der Waals surface area contributed by atoms with Gasteiger partial charge in [-0.1, -0.05) is 19.1 Å². The van der Waals surface area contributed by atoms with Crippen molar-refractivity contribution < 1.29 is 4.74 Å². The number of aryl methyl sites for hydroxylation is 2. The van der Waals surface area contributed by atoms with E-state index in [2.05, 4.69) is 5.10 Å². The van der Waals surface area contributed by atoms with Crippen LogP contribution in [0.2, 0.25) is 0 Å². The number of rotatable bonds is 4. The van der Waals surface area contributed by atoms with Gasteiger partial charge in [-0.15, -0.1) is 11.8 Å². The van der Waals surface area contributed by atoms with Gasteiger partial charge in [0.15, 0.2) is 0 Å². The average Bonchev–Trinajstić information content (AvgIpc) is 2.66. The van der Waals surface area contributed by atoms with Crippen molar-refractivity contribution in [2.45, 2.75) is 18.2 Å². The Balaban J connectivity index is 2.37. The van der Waals surface area contributed by atoms with E-state index in [4.69, 9.17) is 10.5 Å². The first kappa shape index (κ1) is 12.8. The van der Waals surface area contributed by atoms with E-state index in [-0.39, 0.29) is 0 Å². The molecule has 96 valence electrons. The maximum Gasteiger partial charge on any atom is 0.241 e. The molecule has 0 atom stereocenters. The van der Waals surface area contributed by atoms with Crippen molar-refractivity contribution in [3.8, 4) is 11.6 Å². The zero-order valence-electron chi connectivity index (χ0n) is 10.8. The Hall–Kier alpha value is -1.62. The zero-order chi connectivity index (χ0) is 13.1. The molecule has 0 aliphatic heterocycles. The van der Waals surface area contributed by atoms with Crippen molar-refractivity contribution in [2.24, 2.45) is 7.05 Å². The van der Waals surface area contributed by atoms with Gasteiger partial charge in [0.1, 0.15) is 11.4 Å². The molecule has 0 aliphatic rings. The number of para-hydroxylation sites is 1. The second kappa shape index (κ2) is 5.35. The minimum Gasteiger partial charge on any atom is -0.436 e. The molecule has 0 amide bonds. The predicted octanol–water partition coefficient (Wildman–Crippen LogP) is 3.08. The summed E-state index contributed by atoms with van der Waals surface area (Å²) in [6.07, 6.45) is 2.82. The fourth-order valence-electron chi connectivity index (χ4n) is 1.77. The molecule has 5 heteroatoms. The van der Waals surface area contributed by atoms with Gasteiger partial charge < -0.3 is 10.5 Å². The quantitative estimate of drug-likeness (QED) is 0.861. The Morgan fingerprint density at radius 3 is 2.72 bits per heavy atom. The van der Waals surface area contributed by atoms with Crippen LogP contribution in [0, 0.1) is 0 Å². The molecule has 1 heterocycles. The van der Waals surface area contributed by atoms with Gasteiger partial charge >= 0.3 is 0 Å². The molecule has 0 spiro atoms. The van der Waals surface area contributed by atoms with Gasteiger partial charge in [0, 0.05) is 11.9 Å².